The summed E-state index contributed by atoms with van der Waals surface area (Å²) in [5.74, 6) is 0.994. The van der Waals surface area contributed by atoms with Crippen LogP contribution in [-0.2, 0) is 20.6 Å². The average molecular weight is 322 g/mol. The van der Waals surface area contributed by atoms with Crippen molar-refractivity contribution in [3.05, 3.63) is 17.6 Å². The van der Waals surface area contributed by atoms with Crippen LogP contribution in [0.25, 0.3) is 0 Å². The Morgan fingerprint density at radius 2 is 2.20 bits per heavy atom. The van der Waals surface area contributed by atoms with Gasteiger partial charge in [-0.3, -0.25) is 0 Å². The smallest absolute Gasteiger partial charge is 0.246 e. The van der Waals surface area contributed by atoms with Crippen molar-refractivity contribution in [2.24, 2.45) is 0 Å². The quantitative estimate of drug-likeness (QED) is 0.782. The Balaban J connectivity index is 2.13. The van der Waals surface area contributed by atoms with Gasteiger partial charge < -0.3 is 9.15 Å². The molecule has 0 N–H and O–H groups in total. The number of hydrogen-bond donors (Lipinski definition) is 0. The second-order valence-corrected chi connectivity index (χ2v) is 7.32. The molecule has 2 rings (SSSR count). The van der Waals surface area contributed by atoms with Crippen molar-refractivity contribution in [1.82, 2.24) is 4.31 Å². The lowest BCUT2D eigenvalue weighted by atomic mass is 10.1. The molecule has 1 saturated heterocycles. The van der Waals surface area contributed by atoms with Crippen molar-refractivity contribution >= 4 is 21.6 Å². The second kappa shape index (κ2) is 6.47. The lowest BCUT2D eigenvalue weighted by Crippen LogP contribution is -2.37. The van der Waals surface area contributed by atoms with Gasteiger partial charge in [-0.25, -0.2) is 8.42 Å². The van der Waals surface area contributed by atoms with Crippen molar-refractivity contribution in [1.29, 1.82) is 0 Å². The first-order chi connectivity index (χ1) is 9.45. The number of furan rings is 1. The Hall–Kier alpha value is -0.560. The molecule has 114 valence electrons. The number of likely N-dealkylation sites (N-methyl/N-ethyl adjacent to an activating group) is 1. The van der Waals surface area contributed by atoms with E-state index in [1.165, 1.54) is 10.4 Å². The van der Waals surface area contributed by atoms with Gasteiger partial charge in [0.15, 0.2) is 0 Å². The summed E-state index contributed by atoms with van der Waals surface area (Å²) in [6, 6.07) is 1.50. The molecule has 1 unspecified atom stereocenters. The highest BCUT2D eigenvalue weighted by Gasteiger charge is 2.28. The maximum atomic E-state index is 12.5. The van der Waals surface area contributed by atoms with Gasteiger partial charge in [0.25, 0.3) is 0 Å². The maximum absolute atomic E-state index is 12.5. The van der Waals surface area contributed by atoms with Gasteiger partial charge in [-0.15, -0.1) is 11.6 Å². The van der Waals surface area contributed by atoms with E-state index < -0.39 is 10.0 Å². The minimum Gasteiger partial charge on any atom is -0.464 e. The van der Waals surface area contributed by atoms with Crippen LogP contribution in [0.1, 0.15) is 30.8 Å². The molecule has 0 bridgehead atoms. The lowest BCUT2D eigenvalue weighted by molar-refractivity contribution is 0.00858. The Morgan fingerprint density at radius 1 is 1.45 bits per heavy atom. The summed E-state index contributed by atoms with van der Waals surface area (Å²) in [5.41, 5.74) is 0. The molecule has 1 aromatic heterocycles. The zero-order valence-electron chi connectivity index (χ0n) is 11.8. The van der Waals surface area contributed by atoms with E-state index >= 15 is 0 Å². The van der Waals surface area contributed by atoms with Gasteiger partial charge in [0.05, 0.1) is 12.0 Å². The van der Waals surface area contributed by atoms with Crippen LogP contribution in [0.3, 0.4) is 0 Å². The number of halogens is 1. The molecule has 0 amide bonds. The van der Waals surface area contributed by atoms with E-state index in [0.717, 1.165) is 19.3 Å². The van der Waals surface area contributed by atoms with Gasteiger partial charge in [0, 0.05) is 26.3 Å². The Kier molecular flexibility index (Phi) is 5.12. The number of aryl methyl sites for hydroxylation is 1. The van der Waals surface area contributed by atoms with E-state index in [-0.39, 0.29) is 16.9 Å². The normalized spacial score (nSPS) is 20.5. The van der Waals surface area contributed by atoms with Crippen molar-refractivity contribution in [3.8, 4) is 0 Å². The van der Waals surface area contributed by atoms with Crippen LogP contribution >= 0.6 is 11.6 Å². The molecular weight excluding hydrogens is 302 g/mol. The number of hydrogen-bond acceptors (Lipinski definition) is 4. The molecule has 1 fully saturated rings. The molecule has 0 aromatic carbocycles. The zero-order valence-corrected chi connectivity index (χ0v) is 13.3. The predicted octanol–water partition coefficient (Wildman–Crippen LogP) is 2.52. The van der Waals surface area contributed by atoms with Crippen LogP contribution < -0.4 is 0 Å². The first kappa shape index (κ1) is 15.8. The second-order valence-electron chi connectivity index (χ2n) is 5.04. The molecule has 1 atom stereocenters. The summed E-state index contributed by atoms with van der Waals surface area (Å²) >= 11 is 5.68. The van der Waals surface area contributed by atoms with Crippen LogP contribution in [0, 0.1) is 6.92 Å². The minimum absolute atomic E-state index is 0.0248. The van der Waals surface area contributed by atoms with Crippen LogP contribution in [0.2, 0.25) is 0 Å². The molecule has 0 saturated carbocycles. The largest absolute Gasteiger partial charge is 0.464 e. The lowest BCUT2D eigenvalue weighted by Gasteiger charge is -2.26. The number of alkyl halides is 1. The zero-order chi connectivity index (χ0) is 14.8. The summed E-state index contributed by atoms with van der Waals surface area (Å²) < 4.78 is 37.3. The molecule has 0 spiro atoms. The van der Waals surface area contributed by atoms with Crippen LogP contribution in [0.15, 0.2) is 15.4 Å². The van der Waals surface area contributed by atoms with Crippen molar-refractivity contribution in [3.63, 3.8) is 0 Å². The summed E-state index contributed by atoms with van der Waals surface area (Å²) in [5, 5.41) is 0. The SMILES string of the molecule is Cc1oc(CCl)cc1S(=O)(=O)N(C)CC1CCCCO1. The van der Waals surface area contributed by atoms with Gasteiger partial charge >= 0.3 is 0 Å². The van der Waals surface area contributed by atoms with Crippen LogP contribution in [-0.4, -0.2) is 39.0 Å². The third kappa shape index (κ3) is 3.36. The first-order valence-corrected chi connectivity index (χ1v) is 8.66. The van der Waals surface area contributed by atoms with Crippen molar-refractivity contribution in [2.75, 3.05) is 20.2 Å². The molecule has 1 aromatic rings. The monoisotopic (exact) mass is 321 g/mol. The van der Waals surface area contributed by atoms with E-state index in [9.17, 15) is 8.42 Å². The topological polar surface area (TPSA) is 59.8 Å². The third-order valence-corrected chi connectivity index (χ3v) is 5.67. The van der Waals surface area contributed by atoms with E-state index in [1.54, 1.807) is 14.0 Å². The predicted molar refractivity (Wildman–Crippen MR) is 76.4 cm³/mol. The number of nitrogens with zero attached hydrogens (tertiary/aromatic N) is 1. The molecule has 5 nitrogen and oxygen atoms in total. The van der Waals surface area contributed by atoms with Crippen LogP contribution in [0.4, 0.5) is 0 Å². The Bertz CT molecular complexity index is 549. The van der Waals surface area contributed by atoms with Gasteiger partial charge in [-0.2, -0.15) is 4.31 Å². The molecule has 0 aliphatic carbocycles. The summed E-state index contributed by atoms with van der Waals surface area (Å²) in [6.07, 6.45) is 3.01. The number of ether oxygens (including phenoxy) is 1. The third-order valence-electron chi connectivity index (χ3n) is 3.48. The summed E-state index contributed by atoms with van der Waals surface area (Å²) in [4.78, 5) is 0.187. The summed E-state index contributed by atoms with van der Waals surface area (Å²) in [6.45, 7) is 2.71. The summed E-state index contributed by atoms with van der Waals surface area (Å²) in [7, 11) is -1.99. The van der Waals surface area contributed by atoms with E-state index in [2.05, 4.69) is 0 Å². The molecule has 2 heterocycles. The Morgan fingerprint density at radius 3 is 2.75 bits per heavy atom. The highest BCUT2D eigenvalue weighted by atomic mass is 35.5. The van der Waals surface area contributed by atoms with Crippen LogP contribution in [0.5, 0.6) is 0 Å². The van der Waals surface area contributed by atoms with Crippen molar-refractivity contribution in [2.45, 2.75) is 43.1 Å². The molecule has 20 heavy (non-hydrogen) atoms. The highest BCUT2D eigenvalue weighted by Crippen LogP contribution is 2.25. The molecule has 7 heteroatoms. The molecule has 0 radical (unpaired) electrons. The van der Waals surface area contributed by atoms with Gasteiger partial charge in [-0.05, 0) is 26.2 Å². The molecule has 1 aliphatic heterocycles. The maximum Gasteiger partial charge on any atom is 0.246 e. The fourth-order valence-electron chi connectivity index (χ4n) is 2.35. The first-order valence-electron chi connectivity index (χ1n) is 6.68. The van der Waals surface area contributed by atoms with E-state index in [1.807, 2.05) is 0 Å². The highest BCUT2D eigenvalue weighted by molar-refractivity contribution is 7.89. The standard InChI is InChI=1S/C13H20ClNO4S/c1-10-13(7-12(8-14)19-10)20(16,17)15(2)9-11-5-3-4-6-18-11/h7,11H,3-6,8-9H2,1-2H3. The van der Waals surface area contributed by atoms with E-state index in [0.29, 0.717) is 24.7 Å². The number of sulfonamides is 1. The fourth-order valence-corrected chi connectivity index (χ4v) is 3.87. The van der Waals surface area contributed by atoms with Gasteiger partial charge in [-0.1, -0.05) is 0 Å². The van der Waals surface area contributed by atoms with Gasteiger partial charge in [0.2, 0.25) is 10.0 Å². The Labute approximate surface area is 124 Å². The fraction of sp³-hybridized carbons (Fsp3) is 0.692. The molecule has 1 aliphatic rings. The van der Waals surface area contributed by atoms with Gasteiger partial charge in [0.1, 0.15) is 16.4 Å². The van der Waals surface area contributed by atoms with E-state index in [4.69, 9.17) is 20.8 Å². The average Bonchev–Trinajstić information content (AvgIpc) is 2.82. The minimum atomic E-state index is -3.56. The van der Waals surface area contributed by atoms with Crippen molar-refractivity contribution < 1.29 is 17.6 Å². The number of rotatable bonds is 5. The molecular formula is C13H20ClNO4S.